The topological polar surface area (TPSA) is 201 Å². The molecular formula is C36H45N4O13P. The lowest BCUT2D eigenvalue weighted by molar-refractivity contribution is -0.149. The van der Waals surface area contributed by atoms with Crippen molar-refractivity contribution in [3.8, 4) is 5.75 Å². The molecule has 2 aromatic carbocycles. The number of para-hydroxylation sites is 1. The van der Waals surface area contributed by atoms with E-state index in [0.29, 0.717) is 5.56 Å². The Morgan fingerprint density at radius 1 is 0.981 bits per heavy atom. The SMILES string of the molecule is CC(C)OC(=O)CCc1ccccc1OP(=O)(N[C@@H](C)C(=O)OC(C)C)OC[C@H]1O[C@@H](n2ccc(NOCc3ccccc3)nc2=O)[C@]2(C)OC(=O)O[C@H]12. The number of ether oxygens (including phenoxy) is 5. The normalized spacial score (nSPS) is 22.1. The third kappa shape index (κ3) is 10.2. The van der Waals surface area contributed by atoms with Crippen LogP contribution in [0.25, 0.3) is 0 Å². The summed E-state index contributed by atoms with van der Waals surface area (Å²) in [5, 5.41) is 2.62. The first-order valence-corrected chi connectivity index (χ1v) is 19.0. The Morgan fingerprint density at radius 3 is 2.39 bits per heavy atom. The molecule has 0 amide bonds. The summed E-state index contributed by atoms with van der Waals surface area (Å²) in [5.41, 5.74) is 1.74. The lowest BCUT2D eigenvalue weighted by atomic mass is 9.96. The second-order valence-corrected chi connectivity index (χ2v) is 15.0. The van der Waals surface area contributed by atoms with E-state index in [1.54, 1.807) is 45.9 Å². The van der Waals surface area contributed by atoms with E-state index >= 15 is 0 Å². The van der Waals surface area contributed by atoms with Gasteiger partial charge in [0.15, 0.2) is 23.8 Å². The van der Waals surface area contributed by atoms with Gasteiger partial charge in [0.05, 0.1) is 25.4 Å². The fourth-order valence-electron chi connectivity index (χ4n) is 5.75. The van der Waals surface area contributed by atoms with Crippen molar-refractivity contribution in [1.29, 1.82) is 0 Å². The van der Waals surface area contributed by atoms with Gasteiger partial charge < -0.3 is 28.2 Å². The summed E-state index contributed by atoms with van der Waals surface area (Å²) in [4.78, 5) is 60.3. The number of nitrogens with zero attached hydrogens (tertiary/aromatic N) is 2. The molecule has 1 unspecified atom stereocenters. The molecular weight excluding hydrogens is 727 g/mol. The zero-order valence-corrected chi connectivity index (χ0v) is 31.7. The van der Waals surface area contributed by atoms with Gasteiger partial charge in [-0.25, -0.2) is 19.6 Å². The van der Waals surface area contributed by atoms with Crippen molar-refractivity contribution in [3.63, 3.8) is 0 Å². The lowest BCUT2D eigenvalue weighted by Gasteiger charge is -2.26. The molecule has 0 spiro atoms. The molecule has 17 nitrogen and oxygen atoms in total. The summed E-state index contributed by atoms with van der Waals surface area (Å²) in [6.07, 6.45) is -3.72. The molecule has 54 heavy (non-hydrogen) atoms. The summed E-state index contributed by atoms with van der Waals surface area (Å²) >= 11 is 0. The highest BCUT2D eigenvalue weighted by atomic mass is 31.2. The van der Waals surface area contributed by atoms with Crippen molar-refractivity contribution < 1.29 is 56.5 Å². The van der Waals surface area contributed by atoms with E-state index in [-0.39, 0.29) is 37.1 Å². The second kappa shape index (κ2) is 17.6. The standard InChI is InChI=1S/C36H45N4O13P/c1-22(2)48-30(41)17-16-26-14-10-11-15-27(26)53-54(45,39-24(5)32(42)49-23(3)4)47-21-28-31-36(6,52-35(44)51-31)33(50-28)40-19-18-29(37-34(40)43)38-46-20-25-12-8-7-9-13-25/h7-15,18-19,22-24,28,31,33H,16-17,20-21H2,1-6H3,(H,39,45)(H,37,38,43)/t24-,28+,31+,33+,36+,54?/m0/s1. The third-order valence-electron chi connectivity index (χ3n) is 8.19. The minimum atomic E-state index is -4.49. The van der Waals surface area contributed by atoms with E-state index in [1.807, 2.05) is 30.3 Å². The van der Waals surface area contributed by atoms with E-state index in [9.17, 15) is 23.7 Å². The molecule has 5 rings (SSSR count). The molecule has 0 saturated carbocycles. The van der Waals surface area contributed by atoms with E-state index in [2.05, 4.69) is 15.6 Å². The first kappa shape index (κ1) is 40.4. The second-order valence-electron chi connectivity index (χ2n) is 13.3. The first-order valence-electron chi connectivity index (χ1n) is 17.4. The number of carbonyl (C=O) groups is 3. The largest absolute Gasteiger partial charge is 0.509 e. The number of benzene rings is 2. The van der Waals surface area contributed by atoms with Gasteiger partial charge in [-0.3, -0.25) is 23.5 Å². The number of aryl methyl sites for hydroxylation is 1. The van der Waals surface area contributed by atoms with Crippen molar-refractivity contribution in [2.75, 3.05) is 12.1 Å². The highest BCUT2D eigenvalue weighted by molar-refractivity contribution is 7.52. The van der Waals surface area contributed by atoms with Gasteiger partial charge >= 0.3 is 31.5 Å². The molecule has 2 aliphatic rings. The lowest BCUT2D eigenvalue weighted by Crippen LogP contribution is -2.44. The third-order valence-corrected chi connectivity index (χ3v) is 9.82. The maximum atomic E-state index is 14.5. The molecule has 3 aromatic rings. The van der Waals surface area contributed by atoms with Gasteiger partial charge in [0.25, 0.3) is 0 Å². The zero-order valence-electron chi connectivity index (χ0n) is 30.8. The van der Waals surface area contributed by atoms with E-state index in [4.69, 9.17) is 37.6 Å². The van der Waals surface area contributed by atoms with Crippen molar-refractivity contribution >= 4 is 31.7 Å². The number of nitrogens with one attached hydrogen (secondary N) is 2. The number of esters is 2. The number of aromatic nitrogens is 2. The highest BCUT2D eigenvalue weighted by Crippen LogP contribution is 2.50. The molecule has 292 valence electrons. The molecule has 18 heteroatoms. The van der Waals surface area contributed by atoms with Crippen LogP contribution in [-0.2, 0) is 60.2 Å². The van der Waals surface area contributed by atoms with Crippen LogP contribution in [0.5, 0.6) is 5.75 Å². The molecule has 3 heterocycles. The van der Waals surface area contributed by atoms with Crippen LogP contribution >= 0.6 is 7.75 Å². The van der Waals surface area contributed by atoms with Gasteiger partial charge in [-0.15, -0.1) is 0 Å². The van der Waals surface area contributed by atoms with Crippen molar-refractivity contribution in [2.24, 2.45) is 0 Å². The quantitative estimate of drug-likeness (QED) is 0.0757. The van der Waals surface area contributed by atoms with Crippen LogP contribution in [-0.4, -0.2) is 70.3 Å². The maximum absolute atomic E-state index is 14.5. The summed E-state index contributed by atoms with van der Waals surface area (Å²) in [6, 6.07) is 16.3. The minimum Gasteiger partial charge on any atom is -0.463 e. The van der Waals surface area contributed by atoms with Gasteiger partial charge in [0, 0.05) is 12.6 Å². The van der Waals surface area contributed by atoms with Crippen molar-refractivity contribution in [3.05, 3.63) is 88.5 Å². The summed E-state index contributed by atoms with van der Waals surface area (Å²) in [6.45, 7) is 9.44. The molecule has 0 aliphatic carbocycles. The number of hydrogen-bond acceptors (Lipinski definition) is 15. The van der Waals surface area contributed by atoms with Crippen LogP contribution < -0.4 is 20.8 Å². The number of rotatable bonds is 18. The molecule has 2 aliphatic heterocycles. The van der Waals surface area contributed by atoms with Crippen molar-refractivity contribution in [2.45, 2.75) is 103 Å². The molecule has 0 bridgehead atoms. The predicted octanol–water partition coefficient (Wildman–Crippen LogP) is 5.00. The average molecular weight is 773 g/mol. The Hall–Kier alpha value is -4.80. The summed E-state index contributed by atoms with van der Waals surface area (Å²) in [5.74, 6) is -0.915. The Labute approximate surface area is 312 Å². The molecule has 2 saturated heterocycles. The van der Waals surface area contributed by atoms with Crippen LogP contribution in [0.2, 0.25) is 0 Å². The fraction of sp³-hybridized carbons (Fsp3) is 0.472. The fourth-order valence-corrected chi connectivity index (χ4v) is 7.29. The van der Waals surface area contributed by atoms with Gasteiger partial charge in [0.1, 0.15) is 17.9 Å². The molecule has 2 N–H and O–H groups in total. The molecule has 2 fully saturated rings. The first-order chi connectivity index (χ1) is 25.7. The van der Waals surface area contributed by atoms with Crippen LogP contribution in [0, 0.1) is 0 Å². The Bertz CT molecular complexity index is 1890. The number of carbonyl (C=O) groups excluding carboxylic acids is 3. The highest BCUT2D eigenvalue weighted by Gasteiger charge is 2.64. The minimum absolute atomic E-state index is 0.0170. The number of fused-ring (bicyclic) bond motifs is 1. The van der Waals surface area contributed by atoms with Gasteiger partial charge in [0.2, 0.25) is 0 Å². The monoisotopic (exact) mass is 772 g/mol. The van der Waals surface area contributed by atoms with Crippen LogP contribution in [0.1, 0.15) is 65.3 Å². The molecule has 1 aromatic heterocycles. The predicted molar refractivity (Wildman–Crippen MR) is 191 cm³/mol. The Kier molecular flexibility index (Phi) is 13.1. The van der Waals surface area contributed by atoms with Gasteiger partial charge in [-0.2, -0.15) is 10.1 Å². The summed E-state index contributed by atoms with van der Waals surface area (Å²) < 4.78 is 55.2. The van der Waals surface area contributed by atoms with E-state index in [0.717, 1.165) is 10.1 Å². The molecule has 0 radical (unpaired) electrons. The van der Waals surface area contributed by atoms with Crippen LogP contribution in [0.4, 0.5) is 10.6 Å². The molecule has 6 atom stereocenters. The van der Waals surface area contributed by atoms with Crippen LogP contribution in [0.15, 0.2) is 71.7 Å². The van der Waals surface area contributed by atoms with Crippen molar-refractivity contribution in [1.82, 2.24) is 14.6 Å². The van der Waals surface area contributed by atoms with Crippen LogP contribution in [0.3, 0.4) is 0 Å². The summed E-state index contributed by atoms with van der Waals surface area (Å²) in [7, 11) is -4.49. The van der Waals surface area contributed by atoms with Gasteiger partial charge in [-0.1, -0.05) is 48.5 Å². The zero-order chi connectivity index (χ0) is 39.0. The number of anilines is 1. The smallest absolute Gasteiger partial charge is 0.463 e. The average Bonchev–Trinajstić information content (AvgIpc) is 3.55. The van der Waals surface area contributed by atoms with E-state index < -0.39 is 74.3 Å². The van der Waals surface area contributed by atoms with Gasteiger partial charge in [-0.05, 0) is 71.2 Å². The Morgan fingerprint density at radius 2 is 1.69 bits per heavy atom. The maximum Gasteiger partial charge on any atom is 0.509 e. The van der Waals surface area contributed by atoms with E-state index in [1.165, 1.54) is 32.2 Å². The number of hydrogen-bond donors (Lipinski definition) is 2. The Balaban J connectivity index is 1.34.